The number of unbranched alkanes of at least 4 members (excludes halogenated alkanes) is 3. The van der Waals surface area contributed by atoms with Gasteiger partial charge in [-0.2, -0.15) is 0 Å². The maximum absolute atomic E-state index is 6.30. The topological polar surface area (TPSA) is 35.2 Å². The van der Waals surface area contributed by atoms with Crippen molar-refractivity contribution in [3.8, 4) is 5.75 Å². The molecule has 0 radical (unpaired) electrons. The Morgan fingerprint density at radius 2 is 1.94 bits per heavy atom. The van der Waals surface area contributed by atoms with Gasteiger partial charge in [-0.05, 0) is 26.3 Å². The van der Waals surface area contributed by atoms with E-state index in [1.54, 1.807) is 0 Å². The highest BCUT2D eigenvalue weighted by molar-refractivity contribution is 5.39. The summed E-state index contributed by atoms with van der Waals surface area (Å²) >= 11 is 0. The number of ether oxygens (including phenoxy) is 1. The van der Waals surface area contributed by atoms with Crippen LogP contribution in [0.4, 0.5) is 0 Å². The summed E-state index contributed by atoms with van der Waals surface area (Å²) in [6.07, 6.45) is 6.10. The summed E-state index contributed by atoms with van der Waals surface area (Å²) in [5.74, 6) is 0.950. The van der Waals surface area contributed by atoms with Gasteiger partial charge < -0.3 is 10.5 Å². The molecule has 0 fully saturated rings. The van der Waals surface area contributed by atoms with Crippen molar-refractivity contribution >= 4 is 0 Å². The minimum absolute atomic E-state index is 0.100. The number of aryl methyl sites for hydroxylation is 1. The van der Waals surface area contributed by atoms with E-state index in [1.807, 2.05) is 13.0 Å². The van der Waals surface area contributed by atoms with Gasteiger partial charge in [0.1, 0.15) is 5.75 Å². The van der Waals surface area contributed by atoms with Gasteiger partial charge in [-0.3, -0.25) is 0 Å². The van der Waals surface area contributed by atoms with Gasteiger partial charge in [0.2, 0.25) is 0 Å². The predicted molar refractivity (Wildman–Crippen MR) is 78.0 cm³/mol. The molecule has 102 valence electrons. The molecule has 1 atom stereocenters. The molecule has 0 bridgehead atoms. The minimum Gasteiger partial charge on any atom is -0.494 e. The molecular formula is C16H27NO. The first-order valence-corrected chi connectivity index (χ1v) is 7.18. The van der Waals surface area contributed by atoms with Crippen LogP contribution in [-0.2, 0) is 0 Å². The van der Waals surface area contributed by atoms with Crippen LogP contribution < -0.4 is 10.5 Å². The molecule has 0 heterocycles. The molecule has 2 N–H and O–H groups in total. The Bertz CT molecular complexity index is 349. The van der Waals surface area contributed by atoms with E-state index >= 15 is 0 Å². The maximum atomic E-state index is 6.30. The quantitative estimate of drug-likeness (QED) is 0.695. The van der Waals surface area contributed by atoms with Crippen molar-refractivity contribution < 1.29 is 4.74 Å². The molecule has 0 saturated heterocycles. The number of hydrogen-bond donors (Lipinski definition) is 1. The van der Waals surface area contributed by atoms with Gasteiger partial charge in [-0.25, -0.2) is 0 Å². The highest BCUT2D eigenvalue weighted by atomic mass is 16.5. The normalized spacial score (nSPS) is 12.4. The Labute approximate surface area is 112 Å². The van der Waals surface area contributed by atoms with Crippen LogP contribution in [0.3, 0.4) is 0 Å². The van der Waals surface area contributed by atoms with Crippen molar-refractivity contribution in [2.75, 3.05) is 6.61 Å². The second-order valence-electron chi connectivity index (χ2n) is 4.93. The first-order valence-electron chi connectivity index (χ1n) is 7.18. The van der Waals surface area contributed by atoms with Crippen LogP contribution in [0.5, 0.6) is 5.75 Å². The smallest absolute Gasteiger partial charge is 0.124 e. The molecule has 0 aliphatic carbocycles. The molecule has 0 amide bonds. The van der Waals surface area contributed by atoms with Crippen molar-refractivity contribution in [3.05, 3.63) is 29.3 Å². The van der Waals surface area contributed by atoms with E-state index in [2.05, 4.69) is 26.0 Å². The Morgan fingerprint density at radius 1 is 1.17 bits per heavy atom. The van der Waals surface area contributed by atoms with Gasteiger partial charge in [-0.1, -0.05) is 50.3 Å². The van der Waals surface area contributed by atoms with E-state index < -0.39 is 0 Å². The molecule has 0 saturated carbocycles. The first kappa shape index (κ1) is 15.0. The highest BCUT2D eigenvalue weighted by Gasteiger charge is 2.12. The van der Waals surface area contributed by atoms with Gasteiger partial charge in [0.05, 0.1) is 6.61 Å². The van der Waals surface area contributed by atoms with E-state index in [-0.39, 0.29) is 6.04 Å². The van der Waals surface area contributed by atoms with Crippen molar-refractivity contribution in [2.24, 2.45) is 5.73 Å². The summed E-state index contributed by atoms with van der Waals surface area (Å²) in [5, 5.41) is 0. The molecule has 1 aromatic rings. The van der Waals surface area contributed by atoms with Crippen molar-refractivity contribution in [3.63, 3.8) is 0 Å². The molecule has 1 unspecified atom stereocenters. The van der Waals surface area contributed by atoms with Crippen LogP contribution in [-0.4, -0.2) is 6.61 Å². The number of nitrogens with two attached hydrogens (primary N) is 1. The molecule has 0 spiro atoms. The third kappa shape index (κ3) is 4.69. The van der Waals surface area contributed by atoms with Gasteiger partial charge >= 0.3 is 0 Å². The average Bonchev–Trinajstić information content (AvgIpc) is 2.37. The van der Waals surface area contributed by atoms with Crippen LogP contribution in [0.1, 0.15) is 63.1 Å². The zero-order valence-electron chi connectivity index (χ0n) is 12.0. The average molecular weight is 249 g/mol. The van der Waals surface area contributed by atoms with Crippen LogP contribution >= 0.6 is 0 Å². The largest absolute Gasteiger partial charge is 0.494 e. The monoisotopic (exact) mass is 249 g/mol. The summed E-state index contributed by atoms with van der Waals surface area (Å²) in [7, 11) is 0. The molecule has 0 aromatic heterocycles. The van der Waals surface area contributed by atoms with Gasteiger partial charge in [0.15, 0.2) is 0 Å². The van der Waals surface area contributed by atoms with Crippen molar-refractivity contribution in [2.45, 2.75) is 58.9 Å². The molecule has 2 heteroatoms. The van der Waals surface area contributed by atoms with Gasteiger partial charge in [0, 0.05) is 11.6 Å². The fraction of sp³-hybridized carbons (Fsp3) is 0.625. The molecule has 18 heavy (non-hydrogen) atoms. The summed E-state index contributed by atoms with van der Waals surface area (Å²) in [5.41, 5.74) is 8.71. The summed E-state index contributed by atoms with van der Waals surface area (Å²) in [6, 6.07) is 6.39. The van der Waals surface area contributed by atoms with E-state index in [1.165, 1.54) is 31.2 Å². The summed E-state index contributed by atoms with van der Waals surface area (Å²) in [4.78, 5) is 0. The fourth-order valence-electron chi connectivity index (χ4n) is 2.19. The molecule has 0 aliphatic rings. The second kappa shape index (κ2) is 8.15. The third-order valence-electron chi connectivity index (χ3n) is 3.23. The standard InChI is InChI=1S/C16H27NO/c1-4-6-7-8-9-15(17)14-12-13(3)10-11-16(14)18-5-2/h10-12,15H,4-9,17H2,1-3H3. The van der Waals surface area contributed by atoms with Crippen LogP contribution in [0.15, 0.2) is 18.2 Å². The second-order valence-corrected chi connectivity index (χ2v) is 4.93. The zero-order chi connectivity index (χ0) is 13.4. The summed E-state index contributed by atoms with van der Waals surface area (Å²) < 4.78 is 5.66. The lowest BCUT2D eigenvalue weighted by molar-refractivity contribution is 0.333. The lowest BCUT2D eigenvalue weighted by Gasteiger charge is -2.17. The Hall–Kier alpha value is -1.02. The van der Waals surface area contributed by atoms with Crippen LogP contribution in [0.25, 0.3) is 0 Å². The number of rotatable bonds is 8. The van der Waals surface area contributed by atoms with Gasteiger partial charge in [-0.15, -0.1) is 0 Å². The van der Waals surface area contributed by atoms with E-state index in [9.17, 15) is 0 Å². The van der Waals surface area contributed by atoms with Crippen LogP contribution in [0, 0.1) is 6.92 Å². The number of benzene rings is 1. The van der Waals surface area contributed by atoms with E-state index in [0.29, 0.717) is 6.61 Å². The molecule has 0 aliphatic heterocycles. The maximum Gasteiger partial charge on any atom is 0.124 e. The molecule has 2 nitrogen and oxygen atoms in total. The van der Waals surface area contributed by atoms with Crippen LogP contribution in [0.2, 0.25) is 0 Å². The molecular weight excluding hydrogens is 222 g/mol. The lowest BCUT2D eigenvalue weighted by atomic mass is 9.98. The first-order chi connectivity index (χ1) is 8.69. The Balaban J connectivity index is 2.64. The van der Waals surface area contributed by atoms with Crippen molar-refractivity contribution in [1.82, 2.24) is 0 Å². The van der Waals surface area contributed by atoms with E-state index in [0.717, 1.165) is 17.7 Å². The highest BCUT2D eigenvalue weighted by Crippen LogP contribution is 2.28. The number of hydrogen-bond acceptors (Lipinski definition) is 2. The molecule has 1 rings (SSSR count). The SMILES string of the molecule is CCCCCCC(N)c1cc(C)ccc1OCC. The van der Waals surface area contributed by atoms with E-state index in [4.69, 9.17) is 10.5 Å². The van der Waals surface area contributed by atoms with Crippen molar-refractivity contribution in [1.29, 1.82) is 0 Å². The molecule has 1 aromatic carbocycles. The minimum atomic E-state index is 0.100. The fourth-order valence-corrected chi connectivity index (χ4v) is 2.19. The zero-order valence-corrected chi connectivity index (χ0v) is 12.0. The third-order valence-corrected chi connectivity index (χ3v) is 3.23. The predicted octanol–water partition coefficient (Wildman–Crippen LogP) is 4.36. The summed E-state index contributed by atoms with van der Waals surface area (Å²) in [6.45, 7) is 7.03. The lowest BCUT2D eigenvalue weighted by Crippen LogP contribution is -2.12. The van der Waals surface area contributed by atoms with Gasteiger partial charge in [0.25, 0.3) is 0 Å². The Morgan fingerprint density at radius 3 is 2.61 bits per heavy atom. The Kier molecular flexibility index (Phi) is 6.81.